The number of carbonyl (C=O) groups is 3. The molecule has 0 radical (unpaired) electrons. The first kappa shape index (κ1) is 23.3. The maximum Gasteiger partial charge on any atom is 0.347 e. The van der Waals surface area contributed by atoms with Crippen LogP contribution >= 0.6 is 0 Å². The Labute approximate surface area is 204 Å². The summed E-state index contributed by atoms with van der Waals surface area (Å²) < 4.78 is 23.3. The zero-order chi connectivity index (χ0) is 25.1. The minimum Gasteiger partial charge on any atom is -0.491 e. The number of fused-ring (bicyclic) bond motifs is 3. The summed E-state index contributed by atoms with van der Waals surface area (Å²) in [6.45, 7) is 1.26. The van der Waals surface area contributed by atoms with Crippen LogP contribution in [0, 0.1) is 0 Å². The zero-order valence-electron chi connectivity index (χ0n) is 19.4. The van der Waals surface area contributed by atoms with Gasteiger partial charge in [-0.2, -0.15) is 4.99 Å². The van der Waals surface area contributed by atoms with Crippen molar-refractivity contribution in [2.45, 2.75) is 25.5 Å². The molecule has 5 rings (SSSR count). The molecule has 1 saturated heterocycles. The number of hydrogen-bond donors (Lipinski definition) is 1. The van der Waals surface area contributed by atoms with Gasteiger partial charge in [-0.15, -0.1) is 0 Å². The fraction of sp³-hybridized carbons (Fsp3) is 0.333. The molecular weight excluding hydrogens is 470 g/mol. The molecule has 1 fully saturated rings. The number of rotatable bonds is 7. The van der Waals surface area contributed by atoms with Crippen molar-refractivity contribution in [3.05, 3.63) is 47.8 Å². The number of cyclic esters (lactones) is 1. The third-order valence-corrected chi connectivity index (χ3v) is 5.75. The highest BCUT2D eigenvalue weighted by Gasteiger charge is 2.31. The van der Waals surface area contributed by atoms with Gasteiger partial charge in [-0.25, -0.2) is 9.78 Å². The minimum absolute atomic E-state index is 0.0384. The Bertz CT molecular complexity index is 1400. The van der Waals surface area contributed by atoms with Crippen molar-refractivity contribution in [1.82, 2.24) is 14.5 Å². The monoisotopic (exact) mass is 493 g/mol. The number of nitrogens with zero attached hydrogens (tertiary/aromatic N) is 4. The number of carbonyl (C=O) groups excluding carboxylic acids is 3. The van der Waals surface area contributed by atoms with Gasteiger partial charge in [0.15, 0.2) is 17.6 Å². The van der Waals surface area contributed by atoms with Crippen LogP contribution in [-0.4, -0.2) is 65.4 Å². The Morgan fingerprint density at radius 1 is 1.28 bits per heavy atom. The van der Waals surface area contributed by atoms with E-state index in [1.807, 2.05) is 10.6 Å². The molecule has 0 bridgehead atoms. The SMILES string of the molecule is COc1c(OCCOC(=O)[C@H]2CCC(=O)O2)ccc2c3n(c(=NC(=O)c4cccnc4)nc12)CCN3. The summed E-state index contributed by atoms with van der Waals surface area (Å²) in [5, 5.41) is 4.09. The first-order chi connectivity index (χ1) is 17.5. The van der Waals surface area contributed by atoms with Crippen molar-refractivity contribution in [2.24, 2.45) is 4.99 Å². The topological polar surface area (TPSA) is 143 Å². The van der Waals surface area contributed by atoms with Crippen molar-refractivity contribution < 1.29 is 33.3 Å². The van der Waals surface area contributed by atoms with Crippen molar-refractivity contribution in [3.8, 4) is 11.5 Å². The quantitative estimate of drug-likeness (QED) is 0.377. The van der Waals surface area contributed by atoms with Gasteiger partial charge in [0.25, 0.3) is 5.91 Å². The van der Waals surface area contributed by atoms with Crippen LogP contribution in [0.1, 0.15) is 23.2 Å². The lowest BCUT2D eigenvalue weighted by atomic mass is 10.2. The maximum absolute atomic E-state index is 12.7. The molecule has 2 aliphatic heterocycles. The highest BCUT2D eigenvalue weighted by atomic mass is 16.6. The number of anilines is 1. The number of hydrogen-bond acceptors (Lipinski definition) is 10. The van der Waals surface area contributed by atoms with E-state index in [1.165, 1.54) is 13.3 Å². The van der Waals surface area contributed by atoms with Gasteiger partial charge in [0.1, 0.15) is 24.5 Å². The average Bonchev–Trinajstić information content (AvgIpc) is 3.56. The van der Waals surface area contributed by atoms with E-state index in [0.717, 1.165) is 11.2 Å². The molecule has 2 aromatic heterocycles. The zero-order valence-corrected chi connectivity index (χ0v) is 19.4. The molecule has 4 heterocycles. The van der Waals surface area contributed by atoms with Gasteiger partial charge in [-0.1, -0.05) is 0 Å². The predicted molar refractivity (Wildman–Crippen MR) is 124 cm³/mol. The van der Waals surface area contributed by atoms with Crippen LogP contribution in [0.2, 0.25) is 0 Å². The number of ether oxygens (including phenoxy) is 4. The predicted octanol–water partition coefficient (Wildman–Crippen LogP) is 1.23. The number of nitrogens with one attached hydrogen (secondary N) is 1. The molecule has 0 unspecified atom stereocenters. The Kier molecular flexibility index (Phi) is 6.48. The fourth-order valence-electron chi connectivity index (χ4n) is 4.07. The first-order valence-corrected chi connectivity index (χ1v) is 11.4. The summed E-state index contributed by atoms with van der Waals surface area (Å²) in [5.41, 5.74) is 1.04. The maximum atomic E-state index is 12.7. The fourth-order valence-corrected chi connectivity index (χ4v) is 4.07. The number of pyridine rings is 1. The molecule has 0 saturated carbocycles. The largest absolute Gasteiger partial charge is 0.491 e. The summed E-state index contributed by atoms with van der Waals surface area (Å²) in [5.74, 6) is 0.0355. The molecule has 12 heteroatoms. The number of amides is 1. The number of methoxy groups -OCH3 is 1. The van der Waals surface area contributed by atoms with E-state index >= 15 is 0 Å². The van der Waals surface area contributed by atoms with E-state index in [4.69, 9.17) is 18.9 Å². The van der Waals surface area contributed by atoms with Crippen LogP contribution in [0.4, 0.5) is 5.82 Å². The first-order valence-electron chi connectivity index (χ1n) is 11.4. The smallest absolute Gasteiger partial charge is 0.347 e. The van der Waals surface area contributed by atoms with Crippen molar-refractivity contribution in [2.75, 3.05) is 32.2 Å². The number of esters is 2. The Morgan fingerprint density at radius 3 is 2.92 bits per heavy atom. The van der Waals surface area contributed by atoms with Gasteiger partial charge in [-0.3, -0.25) is 19.1 Å². The normalized spacial score (nSPS) is 16.9. The van der Waals surface area contributed by atoms with Crippen molar-refractivity contribution >= 4 is 34.6 Å². The second-order valence-corrected chi connectivity index (χ2v) is 8.02. The van der Waals surface area contributed by atoms with Gasteiger partial charge < -0.3 is 24.3 Å². The van der Waals surface area contributed by atoms with Gasteiger partial charge in [-0.05, 0) is 24.3 Å². The molecule has 2 aliphatic rings. The summed E-state index contributed by atoms with van der Waals surface area (Å²) >= 11 is 0. The lowest BCUT2D eigenvalue weighted by Gasteiger charge is -2.15. The van der Waals surface area contributed by atoms with E-state index in [0.29, 0.717) is 42.1 Å². The van der Waals surface area contributed by atoms with E-state index in [1.54, 1.807) is 24.4 Å². The van der Waals surface area contributed by atoms with Crippen LogP contribution in [0.25, 0.3) is 10.9 Å². The highest BCUT2D eigenvalue weighted by molar-refractivity contribution is 5.96. The molecule has 1 N–H and O–H groups in total. The standard InChI is InChI=1S/C24H23N5O7/c1-33-20-16(34-11-12-35-23(32)17-6-7-18(30)36-17)5-4-15-19(20)27-24(29-10-9-26-21(15)29)28-22(31)14-3-2-8-25-13-14/h2-5,8,13,17,26H,6-7,9-12H2,1H3/t17-/m1/s1. The molecule has 12 nitrogen and oxygen atoms in total. The van der Waals surface area contributed by atoms with Gasteiger partial charge in [0.05, 0.1) is 12.7 Å². The highest BCUT2D eigenvalue weighted by Crippen LogP contribution is 2.37. The number of aromatic nitrogens is 3. The van der Waals surface area contributed by atoms with Gasteiger partial charge in [0, 0.05) is 43.7 Å². The van der Waals surface area contributed by atoms with E-state index < -0.39 is 23.9 Å². The lowest BCUT2D eigenvalue weighted by molar-refractivity contribution is -0.161. The summed E-state index contributed by atoms with van der Waals surface area (Å²) in [4.78, 5) is 48.7. The number of benzene rings is 1. The van der Waals surface area contributed by atoms with Crippen molar-refractivity contribution in [1.29, 1.82) is 0 Å². The molecule has 1 aromatic carbocycles. The van der Waals surface area contributed by atoms with Gasteiger partial charge >= 0.3 is 11.9 Å². The van der Waals surface area contributed by atoms with Crippen LogP contribution in [0.5, 0.6) is 11.5 Å². The van der Waals surface area contributed by atoms with Crippen LogP contribution < -0.4 is 20.4 Å². The third kappa shape index (κ3) is 4.57. The van der Waals surface area contributed by atoms with Crippen molar-refractivity contribution in [3.63, 3.8) is 0 Å². The average molecular weight is 493 g/mol. The molecule has 0 spiro atoms. The Hall–Kier alpha value is -4.48. The minimum atomic E-state index is -0.861. The Balaban J connectivity index is 1.40. The Morgan fingerprint density at radius 2 is 2.17 bits per heavy atom. The second kappa shape index (κ2) is 10.0. The molecular formula is C24H23N5O7. The van der Waals surface area contributed by atoms with Crippen LogP contribution in [0.3, 0.4) is 0 Å². The molecule has 1 amide bonds. The molecule has 0 aliphatic carbocycles. The summed E-state index contributed by atoms with van der Waals surface area (Å²) in [7, 11) is 1.49. The van der Waals surface area contributed by atoms with Gasteiger partial charge in [0.2, 0.25) is 5.62 Å². The molecule has 36 heavy (non-hydrogen) atoms. The second-order valence-electron chi connectivity index (χ2n) is 8.02. The summed E-state index contributed by atoms with van der Waals surface area (Å²) in [6, 6.07) is 6.88. The van der Waals surface area contributed by atoms with Crippen LogP contribution in [0.15, 0.2) is 41.7 Å². The van der Waals surface area contributed by atoms with Crippen LogP contribution in [-0.2, 0) is 25.6 Å². The van der Waals surface area contributed by atoms with E-state index in [9.17, 15) is 14.4 Å². The lowest BCUT2D eigenvalue weighted by Crippen LogP contribution is -2.25. The third-order valence-electron chi connectivity index (χ3n) is 5.75. The molecule has 186 valence electrons. The molecule has 1 atom stereocenters. The van der Waals surface area contributed by atoms with E-state index in [-0.39, 0.29) is 25.3 Å². The molecule has 3 aromatic rings. The summed E-state index contributed by atoms with van der Waals surface area (Å²) in [6.07, 6.45) is 2.69. The van der Waals surface area contributed by atoms with E-state index in [2.05, 4.69) is 20.3 Å².